The van der Waals surface area contributed by atoms with Gasteiger partial charge in [-0.05, 0) is 50.2 Å². The van der Waals surface area contributed by atoms with E-state index >= 15 is 0 Å². The van der Waals surface area contributed by atoms with E-state index in [1.165, 1.54) is 4.68 Å². The van der Waals surface area contributed by atoms with Crippen molar-refractivity contribution < 1.29 is 13.9 Å². The second-order valence-corrected chi connectivity index (χ2v) is 7.40. The van der Waals surface area contributed by atoms with E-state index in [0.717, 1.165) is 5.56 Å². The third-order valence-corrected chi connectivity index (χ3v) is 4.92. The zero-order chi connectivity index (χ0) is 21.3. The van der Waals surface area contributed by atoms with E-state index in [2.05, 4.69) is 15.3 Å². The van der Waals surface area contributed by atoms with Crippen LogP contribution >= 0.6 is 23.2 Å². The number of benzene rings is 2. The zero-order valence-corrected chi connectivity index (χ0v) is 17.6. The molecule has 2 aromatic heterocycles. The lowest BCUT2D eigenvalue weighted by Gasteiger charge is -2.04. The Morgan fingerprint density at radius 3 is 2.57 bits per heavy atom. The number of oxazole rings is 1. The van der Waals surface area contributed by atoms with Crippen LogP contribution in [0.25, 0.3) is 17.1 Å². The molecule has 0 spiro atoms. The van der Waals surface area contributed by atoms with Crippen LogP contribution in [0.15, 0.2) is 52.9 Å². The fraction of sp³-hybridized carbons (Fsp3) is 0.143. The predicted octanol–water partition coefficient (Wildman–Crippen LogP) is 5.20. The molecule has 0 atom stereocenters. The second-order valence-electron chi connectivity index (χ2n) is 6.52. The molecule has 2 aromatic carbocycles. The largest absolute Gasteiger partial charge is 0.454 e. The lowest BCUT2D eigenvalue weighted by molar-refractivity contribution is 0.0459. The maximum Gasteiger partial charge on any atom is 0.361 e. The fourth-order valence-corrected chi connectivity index (χ4v) is 3.25. The summed E-state index contributed by atoms with van der Waals surface area (Å²) < 4.78 is 12.6. The minimum absolute atomic E-state index is 0.0573. The van der Waals surface area contributed by atoms with Gasteiger partial charge in [0.1, 0.15) is 18.1 Å². The molecule has 4 rings (SSSR count). The molecule has 0 unspecified atom stereocenters. The zero-order valence-electron chi connectivity index (χ0n) is 16.1. The van der Waals surface area contributed by atoms with E-state index in [9.17, 15) is 4.79 Å². The summed E-state index contributed by atoms with van der Waals surface area (Å²) in [7, 11) is 0. The Morgan fingerprint density at radius 2 is 1.83 bits per heavy atom. The first-order valence-corrected chi connectivity index (χ1v) is 9.75. The Labute approximate surface area is 182 Å². The first-order valence-electron chi connectivity index (χ1n) is 9.00. The van der Waals surface area contributed by atoms with Crippen molar-refractivity contribution in [3.63, 3.8) is 0 Å². The molecule has 0 amide bonds. The van der Waals surface area contributed by atoms with Gasteiger partial charge in [-0.1, -0.05) is 40.5 Å². The molecule has 7 nitrogen and oxygen atoms in total. The number of halogens is 2. The number of hydrogen-bond acceptors (Lipinski definition) is 6. The Bertz CT molecular complexity index is 1230. The first kappa shape index (κ1) is 20.1. The van der Waals surface area contributed by atoms with Gasteiger partial charge < -0.3 is 9.15 Å². The Balaban J connectivity index is 1.49. The van der Waals surface area contributed by atoms with Gasteiger partial charge in [0.25, 0.3) is 0 Å². The molecule has 4 aromatic rings. The second kappa shape index (κ2) is 8.30. The topological polar surface area (TPSA) is 83.0 Å². The van der Waals surface area contributed by atoms with Crippen LogP contribution in [-0.2, 0) is 11.3 Å². The molecule has 0 fully saturated rings. The normalized spacial score (nSPS) is 10.9. The molecule has 0 bridgehead atoms. The summed E-state index contributed by atoms with van der Waals surface area (Å²) in [6, 6.07) is 14.3. The van der Waals surface area contributed by atoms with Gasteiger partial charge in [-0.25, -0.2) is 14.5 Å². The van der Waals surface area contributed by atoms with Gasteiger partial charge in [-0.2, -0.15) is 0 Å². The number of rotatable bonds is 5. The maximum atomic E-state index is 12.5. The number of esters is 1. The summed E-state index contributed by atoms with van der Waals surface area (Å²) in [6.07, 6.45) is 0. The lowest BCUT2D eigenvalue weighted by Crippen LogP contribution is -2.09. The average Bonchev–Trinajstić information content (AvgIpc) is 3.29. The monoisotopic (exact) mass is 442 g/mol. The third-order valence-electron chi connectivity index (χ3n) is 4.44. The highest BCUT2D eigenvalue weighted by molar-refractivity contribution is 6.31. The number of aryl methyl sites for hydroxylation is 1. The van der Waals surface area contributed by atoms with Gasteiger partial charge >= 0.3 is 5.97 Å². The van der Waals surface area contributed by atoms with Crippen LogP contribution in [0.2, 0.25) is 10.0 Å². The molecule has 30 heavy (non-hydrogen) atoms. The van der Waals surface area contributed by atoms with Gasteiger partial charge in [-0.3, -0.25) is 0 Å². The van der Waals surface area contributed by atoms with E-state index in [0.29, 0.717) is 38.8 Å². The van der Waals surface area contributed by atoms with Crippen molar-refractivity contribution in [2.75, 3.05) is 0 Å². The van der Waals surface area contributed by atoms with E-state index in [4.69, 9.17) is 32.4 Å². The summed E-state index contributed by atoms with van der Waals surface area (Å²) >= 11 is 12.0. The van der Waals surface area contributed by atoms with Crippen molar-refractivity contribution in [1.29, 1.82) is 0 Å². The standard InChI is InChI=1S/C21H16Cl2N4O3/c1-12-19(25-26-27(12)17-8-4-7-16(23)10-17)21(28)29-11-18-13(2)30-20(24-18)14-5-3-6-15(22)9-14/h3-10H,11H2,1-2H3. The molecule has 0 saturated heterocycles. The van der Waals surface area contributed by atoms with Crippen LogP contribution in [0.1, 0.15) is 27.6 Å². The Hall–Kier alpha value is -3.16. The number of ether oxygens (including phenoxy) is 1. The highest BCUT2D eigenvalue weighted by Gasteiger charge is 2.20. The van der Waals surface area contributed by atoms with Crippen molar-refractivity contribution in [2.45, 2.75) is 20.5 Å². The van der Waals surface area contributed by atoms with Crippen LogP contribution in [-0.4, -0.2) is 25.9 Å². The minimum atomic E-state index is -0.604. The quantitative estimate of drug-likeness (QED) is 0.394. The summed E-state index contributed by atoms with van der Waals surface area (Å²) in [6.45, 7) is 3.43. The highest BCUT2D eigenvalue weighted by Crippen LogP contribution is 2.25. The van der Waals surface area contributed by atoms with Crippen LogP contribution < -0.4 is 0 Å². The molecular weight excluding hydrogens is 427 g/mol. The fourth-order valence-electron chi connectivity index (χ4n) is 2.88. The van der Waals surface area contributed by atoms with Crippen molar-refractivity contribution in [3.8, 4) is 17.1 Å². The number of carbonyl (C=O) groups is 1. The van der Waals surface area contributed by atoms with Crippen molar-refractivity contribution in [1.82, 2.24) is 20.0 Å². The maximum absolute atomic E-state index is 12.5. The molecule has 0 N–H and O–H groups in total. The summed E-state index contributed by atoms with van der Waals surface area (Å²) in [4.78, 5) is 17.0. The van der Waals surface area contributed by atoms with Crippen molar-refractivity contribution >= 4 is 29.2 Å². The molecule has 0 saturated carbocycles. The summed E-state index contributed by atoms with van der Waals surface area (Å²) in [5, 5.41) is 9.13. The summed E-state index contributed by atoms with van der Waals surface area (Å²) in [5.41, 5.74) is 2.61. The molecule has 0 aliphatic heterocycles. The lowest BCUT2D eigenvalue weighted by atomic mass is 10.2. The van der Waals surface area contributed by atoms with Gasteiger partial charge in [-0.15, -0.1) is 5.10 Å². The minimum Gasteiger partial charge on any atom is -0.454 e. The molecule has 0 aliphatic rings. The molecule has 152 valence electrons. The first-order chi connectivity index (χ1) is 14.4. The van der Waals surface area contributed by atoms with E-state index in [1.54, 1.807) is 44.2 Å². The SMILES string of the molecule is Cc1oc(-c2cccc(Cl)c2)nc1COC(=O)c1nnn(-c2cccc(Cl)c2)c1C. The Morgan fingerprint density at radius 1 is 1.10 bits per heavy atom. The number of nitrogens with zero attached hydrogens (tertiary/aromatic N) is 4. The van der Waals surface area contributed by atoms with Crippen LogP contribution in [0, 0.1) is 13.8 Å². The van der Waals surface area contributed by atoms with Crippen LogP contribution in [0.3, 0.4) is 0 Å². The predicted molar refractivity (Wildman–Crippen MR) is 112 cm³/mol. The van der Waals surface area contributed by atoms with E-state index < -0.39 is 5.97 Å². The Kier molecular flexibility index (Phi) is 5.57. The van der Waals surface area contributed by atoms with E-state index in [-0.39, 0.29) is 12.3 Å². The number of hydrogen-bond donors (Lipinski definition) is 0. The van der Waals surface area contributed by atoms with Crippen LogP contribution in [0.4, 0.5) is 0 Å². The number of carbonyl (C=O) groups excluding carboxylic acids is 1. The summed E-state index contributed by atoms with van der Waals surface area (Å²) in [5.74, 6) is 0.355. The van der Waals surface area contributed by atoms with Gasteiger partial charge in [0.15, 0.2) is 5.69 Å². The molecule has 0 aliphatic carbocycles. The van der Waals surface area contributed by atoms with Gasteiger partial charge in [0.05, 0.1) is 11.4 Å². The average molecular weight is 443 g/mol. The molecule has 0 radical (unpaired) electrons. The van der Waals surface area contributed by atoms with E-state index in [1.807, 2.05) is 18.2 Å². The van der Waals surface area contributed by atoms with Crippen molar-refractivity contribution in [2.24, 2.45) is 0 Å². The smallest absolute Gasteiger partial charge is 0.361 e. The van der Waals surface area contributed by atoms with Gasteiger partial charge in [0.2, 0.25) is 5.89 Å². The number of aromatic nitrogens is 4. The molecule has 2 heterocycles. The highest BCUT2D eigenvalue weighted by atomic mass is 35.5. The third kappa shape index (κ3) is 4.08. The molecule has 9 heteroatoms. The van der Waals surface area contributed by atoms with Gasteiger partial charge in [0, 0.05) is 15.6 Å². The molecular formula is C21H16Cl2N4O3. The van der Waals surface area contributed by atoms with Crippen molar-refractivity contribution in [3.05, 3.63) is 81.4 Å². The van der Waals surface area contributed by atoms with Crippen LogP contribution in [0.5, 0.6) is 0 Å².